The predicted octanol–water partition coefficient (Wildman–Crippen LogP) is 1.71. The van der Waals surface area contributed by atoms with Gasteiger partial charge in [0.1, 0.15) is 0 Å². The van der Waals surface area contributed by atoms with Crippen molar-refractivity contribution in [2.24, 2.45) is 0 Å². The highest BCUT2D eigenvalue weighted by molar-refractivity contribution is 5.79. The third kappa shape index (κ3) is 4.66. The number of hydrogen-bond acceptors (Lipinski definition) is 4. The molecule has 0 saturated carbocycles. The van der Waals surface area contributed by atoms with Crippen molar-refractivity contribution in [3.05, 3.63) is 45.7 Å². The van der Waals surface area contributed by atoms with Crippen LogP contribution < -0.4 is 10.9 Å². The maximum atomic E-state index is 12.1. The lowest BCUT2D eigenvalue weighted by Crippen LogP contribution is -2.32. The number of benzene rings is 1. The largest absolute Gasteiger partial charge is 0.389 e. The summed E-state index contributed by atoms with van der Waals surface area (Å²) in [6.45, 7) is 6.94. The lowest BCUT2D eigenvalue weighted by molar-refractivity contribution is 0.00629. The second-order valence-corrected chi connectivity index (χ2v) is 5.88. The highest BCUT2D eigenvalue weighted by atomic mass is 16.5. The SMILES string of the molecule is Cc1ccc2cc(CNCC(O)COC(C)C)c(=O)[nH]c2c1. The molecule has 3 N–H and O–H groups in total. The molecule has 2 rings (SSSR count). The summed E-state index contributed by atoms with van der Waals surface area (Å²) in [5.74, 6) is 0. The smallest absolute Gasteiger partial charge is 0.252 e. The number of nitrogens with one attached hydrogen (secondary N) is 2. The molecular formula is C17H24N2O3. The number of aromatic nitrogens is 1. The molecule has 0 radical (unpaired) electrons. The van der Waals surface area contributed by atoms with Gasteiger partial charge in [-0.25, -0.2) is 0 Å². The van der Waals surface area contributed by atoms with Gasteiger partial charge in [-0.05, 0) is 43.9 Å². The highest BCUT2D eigenvalue weighted by Gasteiger charge is 2.07. The van der Waals surface area contributed by atoms with E-state index in [4.69, 9.17) is 4.74 Å². The van der Waals surface area contributed by atoms with E-state index >= 15 is 0 Å². The van der Waals surface area contributed by atoms with Crippen LogP contribution in [0.15, 0.2) is 29.1 Å². The van der Waals surface area contributed by atoms with E-state index in [-0.39, 0.29) is 18.3 Å². The van der Waals surface area contributed by atoms with Crippen LogP contribution in [0.1, 0.15) is 25.0 Å². The molecule has 1 atom stereocenters. The van der Waals surface area contributed by atoms with Crippen molar-refractivity contribution in [1.82, 2.24) is 10.3 Å². The highest BCUT2D eigenvalue weighted by Crippen LogP contribution is 2.12. The fourth-order valence-corrected chi connectivity index (χ4v) is 2.23. The van der Waals surface area contributed by atoms with E-state index in [2.05, 4.69) is 10.3 Å². The van der Waals surface area contributed by atoms with Crippen LogP contribution in [0.5, 0.6) is 0 Å². The number of ether oxygens (including phenoxy) is 1. The minimum Gasteiger partial charge on any atom is -0.389 e. The normalized spacial score (nSPS) is 13.0. The zero-order valence-corrected chi connectivity index (χ0v) is 13.3. The van der Waals surface area contributed by atoms with Gasteiger partial charge in [-0.2, -0.15) is 0 Å². The van der Waals surface area contributed by atoms with Gasteiger partial charge in [-0.15, -0.1) is 0 Å². The topological polar surface area (TPSA) is 74.3 Å². The van der Waals surface area contributed by atoms with Crippen LogP contribution in [0.4, 0.5) is 0 Å². The Bertz CT molecular complexity index is 679. The van der Waals surface area contributed by atoms with Gasteiger partial charge in [-0.1, -0.05) is 12.1 Å². The van der Waals surface area contributed by atoms with Crippen LogP contribution >= 0.6 is 0 Å². The van der Waals surface area contributed by atoms with Gasteiger partial charge in [0.15, 0.2) is 0 Å². The molecule has 120 valence electrons. The minimum absolute atomic E-state index is 0.0986. The van der Waals surface area contributed by atoms with E-state index in [0.29, 0.717) is 18.7 Å². The number of aryl methyl sites for hydroxylation is 1. The fourth-order valence-electron chi connectivity index (χ4n) is 2.23. The molecule has 1 unspecified atom stereocenters. The molecule has 22 heavy (non-hydrogen) atoms. The average Bonchev–Trinajstić information content (AvgIpc) is 2.45. The Hall–Kier alpha value is -1.69. The monoisotopic (exact) mass is 304 g/mol. The molecule has 0 amide bonds. The van der Waals surface area contributed by atoms with Gasteiger partial charge in [0.05, 0.1) is 18.8 Å². The van der Waals surface area contributed by atoms with Crippen LogP contribution in [0.25, 0.3) is 10.9 Å². The summed E-state index contributed by atoms with van der Waals surface area (Å²) >= 11 is 0. The van der Waals surface area contributed by atoms with Crippen molar-refractivity contribution in [2.45, 2.75) is 39.5 Å². The van der Waals surface area contributed by atoms with Crippen molar-refractivity contribution in [1.29, 1.82) is 0 Å². The maximum Gasteiger partial charge on any atom is 0.252 e. The van der Waals surface area contributed by atoms with E-state index in [0.717, 1.165) is 16.5 Å². The van der Waals surface area contributed by atoms with Gasteiger partial charge in [-0.3, -0.25) is 4.79 Å². The van der Waals surface area contributed by atoms with Gasteiger partial charge < -0.3 is 20.1 Å². The number of hydrogen-bond donors (Lipinski definition) is 3. The summed E-state index contributed by atoms with van der Waals surface area (Å²) in [7, 11) is 0. The van der Waals surface area contributed by atoms with Crippen LogP contribution in [0.3, 0.4) is 0 Å². The van der Waals surface area contributed by atoms with Crippen LogP contribution in [0.2, 0.25) is 0 Å². The number of aliphatic hydroxyl groups is 1. The fraction of sp³-hybridized carbons (Fsp3) is 0.471. The first-order chi connectivity index (χ1) is 10.5. The van der Waals surface area contributed by atoms with E-state index in [1.54, 1.807) is 0 Å². The number of H-pyrrole nitrogens is 1. The zero-order chi connectivity index (χ0) is 16.1. The van der Waals surface area contributed by atoms with Gasteiger partial charge in [0, 0.05) is 24.2 Å². The van der Waals surface area contributed by atoms with Gasteiger partial charge >= 0.3 is 0 Å². The first-order valence-corrected chi connectivity index (χ1v) is 7.58. The Balaban J connectivity index is 1.95. The molecule has 0 saturated heterocycles. The summed E-state index contributed by atoms with van der Waals surface area (Å²) in [4.78, 5) is 14.9. The third-order valence-electron chi connectivity index (χ3n) is 3.40. The summed E-state index contributed by atoms with van der Waals surface area (Å²) < 4.78 is 5.34. The molecule has 1 aromatic carbocycles. The minimum atomic E-state index is -0.579. The molecule has 2 aromatic rings. The van der Waals surface area contributed by atoms with E-state index in [1.165, 1.54) is 0 Å². The molecule has 5 nitrogen and oxygen atoms in total. The molecule has 1 aromatic heterocycles. The van der Waals surface area contributed by atoms with Crippen molar-refractivity contribution < 1.29 is 9.84 Å². The Labute approximate surface area is 130 Å². The third-order valence-corrected chi connectivity index (χ3v) is 3.40. The molecule has 1 heterocycles. The Kier molecular flexibility index (Phi) is 5.71. The number of rotatable bonds is 7. The Morgan fingerprint density at radius 2 is 2.09 bits per heavy atom. The van der Waals surface area contributed by atoms with Crippen molar-refractivity contribution in [3.8, 4) is 0 Å². The maximum absolute atomic E-state index is 12.1. The molecule has 0 spiro atoms. The van der Waals surface area contributed by atoms with Crippen molar-refractivity contribution in [2.75, 3.05) is 13.2 Å². The van der Waals surface area contributed by atoms with Crippen molar-refractivity contribution >= 4 is 10.9 Å². The molecule has 0 aliphatic rings. The standard InChI is InChI=1S/C17H24N2O3/c1-11(2)22-10-15(20)9-18-8-14-7-13-5-4-12(3)6-16(13)19-17(14)21/h4-7,11,15,18,20H,8-10H2,1-3H3,(H,19,21). The van der Waals surface area contributed by atoms with E-state index in [9.17, 15) is 9.90 Å². The second-order valence-electron chi connectivity index (χ2n) is 5.88. The van der Waals surface area contributed by atoms with E-state index in [1.807, 2.05) is 45.0 Å². The molecular weight excluding hydrogens is 280 g/mol. The second kappa shape index (κ2) is 7.54. The summed E-state index contributed by atoms with van der Waals surface area (Å²) in [6.07, 6.45) is -0.481. The lowest BCUT2D eigenvalue weighted by Gasteiger charge is -2.14. The average molecular weight is 304 g/mol. The first kappa shape index (κ1) is 16.7. The number of aliphatic hydroxyl groups excluding tert-OH is 1. The number of pyridine rings is 1. The van der Waals surface area contributed by atoms with E-state index < -0.39 is 6.10 Å². The molecule has 0 bridgehead atoms. The number of aromatic amines is 1. The zero-order valence-electron chi connectivity index (χ0n) is 13.3. The Morgan fingerprint density at radius 1 is 1.32 bits per heavy atom. The molecule has 0 fully saturated rings. The summed E-state index contributed by atoms with van der Waals surface area (Å²) in [5.41, 5.74) is 2.52. The summed E-state index contributed by atoms with van der Waals surface area (Å²) in [5, 5.41) is 13.9. The van der Waals surface area contributed by atoms with Crippen molar-refractivity contribution in [3.63, 3.8) is 0 Å². The van der Waals surface area contributed by atoms with Gasteiger partial charge in [0.25, 0.3) is 5.56 Å². The molecule has 5 heteroatoms. The molecule has 0 aliphatic carbocycles. The summed E-state index contributed by atoms with van der Waals surface area (Å²) in [6, 6.07) is 7.86. The van der Waals surface area contributed by atoms with Gasteiger partial charge in [0.2, 0.25) is 0 Å². The lowest BCUT2D eigenvalue weighted by atomic mass is 10.1. The molecule has 0 aliphatic heterocycles. The number of fused-ring (bicyclic) bond motifs is 1. The predicted molar refractivity (Wildman–Crippen MR) is 88.1 cm³/mol. The first-order valence-electron chi connectivity index (χ1n) is 7.58. The van der Waals surface area contributed by atoms with Crippen LogP contribution in [0, 0.1) is 6.92 Å². The van der Waals surface area contributed by atoms with Crippen LogP contribution in [-0.2, 0) is 11.3 Å². The van der Waals surface area contributed by atoms with Crippen LogP contribution in [-0.4, -0.2) is 35.5 Å². The quantitative estimate of drug-likeness (QED) is 0.728. The Morgan fingerprint density at radius 3 is 2.82 bits per heavy atom.